The maximum absolute atomic E-state index is 11.9. The second-order valence-corrected chi connectivity index (χ2v) is 6.82. The van der Waals surface area contributed by atoms with E-state index in [1.807, 2.05) is 29.2 Å². The van der Waals surface area contributed by atoms with E-state index in [9.17, 15) is 9.59 Å². The van der Waals surface area contributed by atoms with Gasteiger partial charge in [-0.25, -0.2) is 0 Å². The van der Waals surface area contributed by atoms with Crippen LogP contribution in [0, 0.1) is 17.3 Å². The van der Waals surface area contributed by atoms with Crippen LogP contribution >= 0.6 is 11.6 Å². The SMILES string of the molecule is CC(C)(CCl)C(=O)NCC#Cc1ccc(N2CCCCC2=O)cc1. The Hall–Kier alpha value is -1.99. The fraction of sp³-hybridized carbons (Fsp3) is 0.474. The summed E-state index contributed by atoms with van der Waals surface area (Å²) in [5.41, 5.74) is 1.18. The van der Waals surface area contributed by atoms with Gasteiger partial charge in [-0.2, -0.15) is 0 Å². The lowest BCUT2D eigenvalue weighted by atomic mass is 9.95. The molecule has 2 rings (SSSR count). The molecule has 0 saturated carbocycles. The fourth-order valence-electron chi connectivity index (χ4n) is 2.37. The van der Waals surface area contributed by atoms with E-state index in [0.717, 1.165) is 30.6 Å². The Kier molecular flexibility index (Phi) is 6.28. The third-order valence-electron chi connectivity index (χ3n) is 4.02. The van der Waals surface area contributed by atoms with E-state index >= 15 is 0 Å². The van der Waals surface area contributed by atoms with Gasteiger partial charge in [0.25, 0.3) is 0 Å². The Morgan fingerprint density at radius 1 is 1.29 bits per heavy atom. The number of alkyl halides is 1. The smallest absolute Gasteiger partial charge is 0.227 e. The molecular weight excluding hydrogens is 324 g/mol. The van der Waals surface area contributed by atoms with Crippen molar-refractivity contribution in [3.8, 4) is 11.8 Å². The predicted octanol–water partition coefficient (Wildman–Crippen LogP) is 2.94. The number of hydrogen-bond donors (Lipinski definition) is 1. The summed E-state index contributed by atoms with van der Waals surface area (Å²) < 4.78 is 0. The fourth-order valence-corrected chi connectivity index (χ4v) is 2.50. The molecule has 4 nitrogen and oxygen atoms in total. The first-order chi connectivity index (χ1) is 11.4. The minimum absolute atomic E-state index is 0.106. The van der Waals surface area contributed by atoms with E-state index in [1.54, 1.807) is 13.8 Å². The molecule has 0 unspecified atom stereocenters. The van der Waals surface area contributed by atoms with Crippen LogP contribution in [0.4, 0.5) is 5.69 Å². The van der Waals surface area contributed by atoms with Gasteiger partial charge in [0.1, 0.15) is 0 Å². The number of benzene rings is 1. The van der Waals surface area contributed by atoms with Gasteiger partial charge in [0, 0.05) is 30.1 Å². The first-order valence-corrected chi connectivity index (χ1v) is 8.71. The van der Waals surface area contributed by atoms with Crippen molar-refractivity contribution >= 4 is 29.1 Å². The summed E-state index contributed by atoms with van der Waals surface area (Å²) >= 11 is 5.76. The van der Waals surface area contributed by atoms with Gasteiger partial charge < -0.3 is 10.2 Å². The monoisotopic (exact) mass is 346 g/mol. The van der Waals surface area contributed by atoms with Gasteiger partial charge in [-0.05, 0) is 51.0 Å². The number of anilines is 1. The summed E-state index contributed by atoms with van der Waals surface area (Å²) in [7, 11) is 0. The standard InChI is InChI=1S/C19H23ClN2O2/c1-19(2,14-20)18(24)21-12-5-6-15-8-10-16(11-9-15)22-13-4-3-7-17(22)23/h8-11H,3-4,7,12-14H2,1-2H3,(H,21,24). The van der Waals surface area contributed by atoms with Gasteiger partial charge in [0.05, 0.1) is 12.0 Å². The number of nitrogens with one attached hydrogen (secondary N) is 1. The molecule has 1 saturated heterocycles. The van der Waals surface area contributed by atoms with Gasteiger partial charge in [-0.1, -0.05) is 11.8 Å². The zero-order chi connectivity index (χ0) is 17.6. The number of nitrogens with zero attached hydrogens (tertiary/aromatic N) is 1. The Labute approximate surface area is 148 Å². The Morgan fingerprint density at radius 2 is 2.00 bits per heavy atom. The molecule has 1 heterocycles. The molecule has 1 fully saturated rings. The third kappa shape index (κ3) is 4.75. The largest absolute Gasteiger partial charge is 0.345 e. The summed E-state index contributed by atoms with van der Waals surface area (Å²) in [5, 5.41) is 2.76. The zero-order valence-corrected chi connectivity index (χ0v) is 14.9. The van der Waals surface area contributed by atoms with Crippen LogP contribution in [0.3, 0.4) is 0 Å². The van der Waals surface area contributed by atoms with Crippen LogP contribution in [0.25, 0.3) is 0 Å². The van der Waals surface area contributed by atoms with Crippen molar-refractivity contribution in [1.82, 2.24) is 5.32 Å². The lowest BCUT2D eigenvalue weighted by Crippen LogP contribution is -2.38. The second kappa shape index (κ2) is 8.21. The molecule has 0 bridgehead atoms. The van der Waals surface area contributed by atoms with E-state index in [4.69, 9.17) is 11.6 Å². The number of hydrogen-bond acceptors (Lipinski definition) is 2. The molecule has 0 aliphatic carbocycles. The summed E-state index contributed by atoms with van der Waals surface area (Å²) in [5.74, 6) is 6.29. The average Bonchev–Trinajstić information content (AvgIpc) is 2.59. The topological polar surface area (TPSA) is 49.4 Å². The summed E-state index contributed by atoms with van der Waals surface area (Å²) in [6, 6.07) is 7.63. The molecule has 1 N–H and O–H groups in total. The Bertz CT molecular complexity index is 656. The first-order valence-electron chi connectivity index (χ1n) is 8.17. The highest BCUT2D eigenvalue weighted by Crippen LogP contribution is 2.21. The molecule has 1 aromatic rings. The first kappa shape index (κ1) is 18.4. The minimum Gasteiger partial charge on any atom is -0.345 e. The maximum Gasteiger partial charge on any atom is 0.227 e. The molecule has 0 radical (unpaired) electrons. The summed E-state index contributed by atoms with van der Waals surface area (Å²) in [4.78, 5) is 25.6. The number of piperidine rings is 1. The van der Waals surface area contributed by atoms with Crippen LogP contribution in [-0.4, -0.2) is 30.8 Å². The molecule has 0 aromatic heterocycles. The summed E-state index contributed by atoms with van der Waals surface area (Å²) in [6.45, 7) is 4.66. The molecule has 0 atom stereocenters. The van der Waals surface area contributed by atoms with Gasteiger partial charge in [-0.15, -0.1) is 11.6 Å². The van der Waals surface area contributed by atoms with E-state index in [-0.39, 0.29) is 24.2 Å². The highest BCUT2D eigenvalue weighted by Gasteiger charge is 2.25. The van der Waals surface area contributed by atoms with E-state index in [1.165, 1.54) is 0 Å². The zero-order valence-electron chi connectivity index (χ0n) is 14.2. The molecule has 24 heavy (non-hydrogen) atoms. The van der Waals surface area contributed by atoms with Crippen LogP contribution in [0.15, 0.2) is 24.3 Å². The van der Waals surface area contributed by atoms with Crippen LogP contribution in [-0.2, 0) is 9.59 Å². The molecule has 2 amide bonds. The van der Waals surface area contributed by atoms with E-state index in [2.05, 4.69) is 17.2 Å². The minimum atomic E-state index is -0.591. The highest BCUT2D eigenvalue weighted by molar-refractivity contribution is 6.19. The van der Waals surface area contributed by atoms with Crippen molar-refractivity contribution < 1.29 is 9.59 Å². The number of amides is 2. The van der Waals surface area contributed by atoms with Crippen molar-refractivity contribution in [2.75, 3.05) is 23.9 Å². The van der Waals surface area contributed by atoms with Gasteiger partial charge in [-0.3, -0.25) is 9.59 Å². The van der Waals surface area contributed by atoms with Crippen molar-refractivity contribution in [2.45, 2.75) is 33.1 Å². The molecule has 5 heteroatoms. The lowest BCUT2D eigenvalue weighted by Gasteiger charge is -2.26. The Morgan fingerprint density at radius 3 is 2.62 bits per heavy atom. The molecule has 1 aliphatic heterocycles. The van der Waals surface area contributed by atoms with Crippen LogP contribution in [0.2, 0.25) is 0 Å². The van der Waals surface area contributed by atoms with Crippen molar-refractivity contribution in [3.63, 3.8) is 0 Å². The molecule has 1 aliphatic rings. The predicted molar refractivity (Wildman–Crippen MR) is 97.0 cm³/mol. The quantitative estimate of drug-likeness (QED) is 0.673. The summed E-state index contributed by atoms with van der Waals surface area (Å²) in [6.07, 6.45) is 2.65. The van der Waals surface area contributed by atoms with Crippen molar-refractivity contribution in [1.29, 1.82) is 0 Å². The normalized spacial score (nSPS) is 14.8. The highest BCUT2D eigenvalue weighted by atomic mass is 35.5. The van der Waals surface area contributed by atoms with Crippen LogP contribution in [0.1, 0.15) is 38.7 Å². The molecular formula is C19H23ClN2O2. The number of carbonyl (C=O) groups excluding carboxylic acids is 2. The van der Waals surface area contributed by atoms with Gasteiger partial charge >= 0.3 is 0 Å². The second-order valence-electron chi connectivity index (χ2n) is 6.55. The average molecular weight is 347 g/mol. The Balaban J connectivity index is 1.91. The molecule has 1 aromatic carbocycles. The van der Waals surface area contributed by atoms with Crippen LogP contribution < -0.4 is 10.2 Å². The maximum atomic E-state index is 11.9. The van der Waals surface area contributed by atoms with Crippen molar-refractivity contribution in [3.05, 3.63) is 29.8 Å². The van der Waals surface area contributed by atoms with E-state index < -0.39 is 5.41 Å². The number of rotatable bonds is 4. The lowest BCUT2D eigenvalue weighted by molar-refractivity contribution is -0.128. The van der Waals surface area contributed by atoms with Gasteiger partial charge in [0.15, 0.2) is 0 Å². The van der Waals surface area contributed by atoms with E-state index in [0.29, 0.717) is 6.42 Å². The van der Waals surface area contributed by atoms with Crippen LogP contribution in [0.5, 0.6) is 0 Å². The number of carbonyl (C=O) groups is 2. The molecule has 0 spiro atoms. The van der Waals surface area contributed by atoms with Crippen molar-refractivity contribution in [2.24, 2.45) is 5.41 Å². The third-order valence-corrected chi connectivity index (χ3v) is 4.69. The van der Waals surface area contributed by atoms with Gasteiger partial charge in [0.2, 0.25) is 11.8 Å². The molecule has 128 valence electrons. The number of halogens is 1.